The fraction of sp³-hybridized carbons (Fsp3) is 0.111. The number of carbonyl (C=O) groups excluding carboxylic acids is 2. The second kappa shape index (κ2) is 10.5. The van der Waals surface area contributed by atoms with Gasteiger partial charge in [0.05, 0.1) is 18.9 Å². The predicted octanol–water partition coefficient (Wildman–Crippen LogP) is 4.48. The van der Waals surface area contributed by atoms with Crippen molar-refractivity contribution in [1.29, 1.82) is 0 Å². The number of esters is 1. The summed E-state index contributed by atoms with van der Waals surface area (Å²) in [4.78, 5) is 28.7. The van der Waals surface area contributed by atoms with E-state index in [1.807, 2.05) is 26.0 Å². The van der Waals surface area contributed by atoms with Crippen molar-refractivity contribution in [2.45, 2.75) is 13.8 Å². The number of nitrogens with one attached hydrogen (secondary N) is 1. The highest BCUT2D eigenvalue weighted by Gasteiger charge is 2.13. The third-order valence-corrected chi connectivity index (χ3v) is 5.33. The Labute approximate surface area is 202 Å². The summed E-state index contributed by atoms with van der Waals surface area (Å²) in [6.07, 6.45) is 4.48. The summed E-state index contributed by atoms with van der Waals surface area (Å²) in [5.74, 6) is -0.263. The Morgan fingerprint density at radius 1 is 0.943 bits per heavy atom. The molecule has 4 aromatic rings. The first kappa shape index (κ1) is 23.4. The Kier molecular flexibility index (Phi) is 7.02. The van der Waals surface area contributed by atoms with E-state index in [0.717, 1.165) is 17.1 Å². The number of aromatic nitrogens is 2. The molecule has 8 nitrogen and oxygen atoms in total. The number of amides is 1. The van der Waals surface area contributed by atoms with Crippen LogP contribution in [0.25, 0.3) is 5.69 Å². The Balaban J connectivity index is 1.40. The van der Waals surface area contributed by atoms with Gasteiger partial charge in [0.15, 0.2) is 11.5 Å². The number of aryl methyl sites for hydroxylation is 2. The zero-order valence-electron chi connectivity index (χ0n) is 19.6. The molecule has 0 saturated carbocycles. The monoisotopic (exact) mass is 468 g/mol. The lowest BCUT2D eigenvalue weighted by atomic mass is 10.2. The first-order valence-corrected chi connectivity index (χ1v) is 10.9. The smallest absolute Gasteiger partial charge is 0.345 e. The molecule has 2 heterocycles. The van der Waals surface area contributed by atoms with Gasteiger partial charge in [0.2, 0.25) is 0 Å². The highest BCUT2D eigenvalue weighted by Crippen LogP contribution is 2.28. The molecule has 0 atom stereocenters. The van der Waals surface area contributed by atoms with Gasteiger partial charge in [-0.2, -0.15) is 5.10 Å². The Morgan fingerprint density at radius 3 is 2.34 bits per heavy atom. The number of hydrogen-bond donors (Lipinski definition) is 1. The fourth-order valence-electron chi connectivity index (χ4n) is 3.56. The normalized spacial score (nSPS) is 10.8. The minimum absolute atomic E-state index is 0.260. The highest BCUT2D eigenvalue weighted by molar-refractivity contribution is 5.95. The lowest BCUT2D eigenvalue weighted by Gasteiger charge is -2.10. The zero-order chi connectivity index (χ0) is 24.8. The van der Waals surface area contributed by atoms with E-state index in [1.54, 1.807) is 48.7 Å². The lowest BCUT2D eigenvalue weighted by Crippen LogP contribution is -2.17. The molecular weight excluding hydrogens is 444 g/mol. The molecule has 0 radical (unpaired) electrons. The van der Waals surface area contributed by atoms with Crippen LogP contribution in [0.4, 0.5) is 0 Å². The van der Waals surface area contributed by atoms with E-state index in [2.05, 4.69) is 32.2 Å². The molecule has 4 rings (SSSR count). The van der Waals surface area contributed by atoms with Crippen molar-refractivity contribution < 1.29 is 19.1 Å². The molecule has 0 fully saturated rings. The van der Waals surface area contributed by atoms with Gasteiger partial charge >= 0.3 is 5.97 Å². The van der Waals surface area contributed by atoms with E-state index in [0.29, 0.717) is 22.4 Å². The largest absolute Gasteiger partial charge is 0.493 e. The summed E-state index contributed by atoms with van der Waals surface area (Å²) in [7, 11) is 1.47. The van der Waals surface area contributed by atoms with E-state index in [-0.39, 0.29) is 11.7 Å². The van der Waals surface area contributed by atoms with Gasteiger partial charge in [0, 0.05) is 35.0 Å². The SMILES string of the molecule is COc1cc(/C=N/NC(=O)c2ccc(-n3c(C)ccc3C)cc2)ccc1OC(=O)c1cccnc1. The molecule has 176 valence electrons. The summed E-state index contributed by atoms with van der Waals surface area (Å²) < 4.78 is 12.9. The van der Waals surface area contributed by atoms with Crippen molar-refractivity contribution in [3.63, 3.8) is 0 Å². The maximum absolute atomic E-state index is 12.5. The third-order valence-electron chi connectivity index (χ3n) is 5.33. The van der Waals surface area contributed by atoms with Crippen LogP contribution in [0.15, 0.2) is 84.2 Å². The number of methoxy groups -OCH3 is 1. The van der Waals surface area contributed by atoms with E-state index in [1.165, 1.54) is 19.5 Å². The van der Waals surface area contributed by atoms with E-state index < -0.39 is 5.97 Å². The number of hydrazone groups is 1. The molecule has 0 aliphatic rings. The van der Waals surface area contributed by atoms with Gasteiger partial charge in [0.1, 0.15) is 0 Å². The number of carbonyl (C=O) groups is 2. The van der Waals surface area contributed by atoms with Crippen LogP contribution in [0.3, 0.4) is 0 Å². The Hall–Kier alpha value is -4.72. The van der Waals surface area contributed by atoms with Crippen LogP contribution in [-0.2, 0) is 0 Å². The van der Waals surface area contributed by atoms with Gasteiger partial charge in [0.25, 0.3) is 5.91 Å². The van der Waals surface area contributed by atoms with Gasteiger partial charge in [-0.3, -0.25) is 9.78 Å². The molecule has 0 unspecified atom stereocenters. The lowest BCUT2D eigenvalue weighted by molar-refractivity contribution is 0.0729. The molecule has 8 heteroatoms. The zero-order valence-corrected chi connectivity index (χ0v) is 19.6. The minimum atomic E-state index is -0.543. The standard InChI is InChI=1S/C27H24N4O4/c1-18-6-7-19(2)31(18)23-11-9-21(10-12-23)26(32)30-29-16-20-8-13-24(25(15-20)34-3)35-27(33)22-5-4-14-28-17-22/h4-17H,1-3H3,(H,30,32)/b29-16+. The van der Waals surface area contributed by atoms with Crippen molar-refractivity contribution in [3.8, 4) is 17.2 Å². The summed E-state index contributed by atoms with van der Waals surface area (Å²) in [6.45, 7) is 4.07. The molecule has 0 saturated heterocycles. The number of pyridine rings is 1. The number of hydrogen-bond acceptors (Lipinski definition) is 6. The number of rotatable bonds is 7. The average molecular weight is 469 g/mol. The maximum atomic E-state index is 12.5. The molecule has 1 N–H and O–H groups in total. The summed E-state index contributed by atoms with van der Waals surface area (Å²) in [5.41, 5.74) is 7.22. The second-order valence-electron chi connectivity index (χ2n) is 7.74. The molecule has 1 amide bonds. The fourth-order valence-corrected chi connectivity index (χ4v) is 3.56. The summed E-state index contributed by atoms with van der Waals surface area (Å²) in [6, 6.07) is 19.6. The van der Waals surface area contributed by atoms with Crippen molar-refractivity contribution in [2.24, 2.45) is 5.10 Å². The van der Waals surface area contributed by atoms with Crippen LogP contribution in [-0.4, -0.2) is 34.8 Å². The van der Waals surface area contributed by atoms with E-state index in [9.17, 15) is 9.59 Å². The van der Waals surface area contributed by atoms with Crippen molar-refractivity contribution >= 4 is 18.1 Å². The van der Waals surface area contributed by atoms with Gasteiger partial charge in [-0.25, -0.2) is 10.2 Å². The van der Waals surface area contributed by atoms with Crippen LogP contribution in [0.5, 0.6) is 11.5 Å². The molecule has 0 aliphatic carbocycles. The Morgan fingerprint density at radius 2 is 1.69 bits per heavy atom. The molecule has 0 spiro atoms. The molecular formula is C27H24N4O4. The third kappa shape index (κ3) is 5.44. The van der Waals surface area contributed by atoms with E-state index >= 15 is 0 Å². The first-order valence-electron chi connectivity index (χ1n) is 10.9. The maximum Gasteiger partial charge on any atom is 0.345 e. The number of nitrogens with zero attached hydrogens (tertiary/aromatic N) is 3. The van der Waals surface area contributed by atoms with Crippen LogP contribution in [0, 0.1) is 13.8 Å². The average Bonchev–Trinajstić information content (AvgIpc) is 3.22. The van der Waals surface area contributed by atoms with Gasteiger partial charge in [-0.15, -0.1) is 0 Å². The van der Waals surface area contributed by atoms with Crippen molar-refractivity contribution in [1.82, 2.24) is 15.0 Å². The van der Waals surface area contributed by atoms with Gasteiger partial charge in [-0.1, -0.05) is 0 Å². The topological polar surface area (TPSA) is 94.8 Å². The van der Waals surface area contributed by atoms with Crippen molar-refractivity contribution in [3.05, 3.63) is 107 Å². The van der Waals surface area contributed by atoms with Crippen molar-refractivity contribution in [2.75, 3.05) is 7.11 Å². The van der Waals surface area contributed by atoms with Gasteiger partial charge in [-0.05, 0) is 86.1 Å². The van der Waals surface area contributed by atoms with Gasteiger partial charge < -0.3 is 14.0 Å². The molecule has 2 aromatic carbocycles. The van der Waals surface area contributed by atoms with Crippen LogP contribution >= 0.6 is 0 Å². The minimum Gasteiger partial charge on any atom is -0.493 e. The van der Waals surface area contributed by atoms with Crippen LogP contribution in [0.2, 0.25) is 0 Å². The summed E-state index contributed by atoms with van der Waals surface area (Å²) in [5, 5.41) is 4.03. The molecule has 0 bridgehead atoms. The first-order chi connectivity index (χ1) is 17.0. The Bertz CT molecular complexity index is 1360. The summed E-state index contributed by atoms with van der Waals surface area (Å²) >= 11 is 0. The second-order valence-corrected chi connectivity index (χ2v) is 7.74. The molecule has 0 aliphatic heterocycles. The number of ether oxygens (including phenoxy) is 2. The highest BCUT2D eigenvalue weighted by atomic mass is 16.6. The van der Waals surface area contributed by atoms with Crippen LogP contribution in [0.1, 0.15) is 37.7 Å². The van der Waals surface area contributed by atoms with E-state index in [4.69, 9.17) is 9.47 Å². The molecule has 35 heavy (non-hydrogen) atoms. The quantitative estimate of drug-likeness (QED) is 0.187. The number of benzene rings is 2. The predicted molar refractivity (Wildman–Crippen MR) is 132 cm³/mol. The molecule has 2 aromatic heterocycles. The van der Waals surface area contributed by atoms with Crippen LogP contribution < -0.4 is 14.9 Å².